The topological polar surface area (TPSA) is 49.9 Å². The van der Waals surface area contributed by atoms with Gasteiger partial charge in [-0.15, -0.1) is 0 Å². The number of ether oxygens (including phenoxy) is 1. The van der Waals surface area contributed by atoms with E-state index in [0.717, 1.165) is 12.8 Å². The van der Waals surface area contributed by atoms with Crippen LogP contribution in [0.2, 0.25) is 0 Å². The zero-order chi connectivity index (χ0) is 15.3. The van der Waals surface area contributed by atoms with Crippen molar-refractivity contribution in [2.75, 3.05) is 40.4 Å². The highest BCUT2D eigenvalue weighted by Gasteiger charge is 2.32. The average molecular weight is 312 g/mol. The van der Waals surface area contributed by atoms with Gasteiger partial charge in [-0.2, -0.15) is 4.31 Å². The Balaban J connectivity index is 2.24. The summed E-state index contributed by atoms with van der Waals surface area (Å²) in [6.07, 6.45) is 1.53. The van der Waals surface area contributed by atoms with Gasteiger partial charge in [-0.05, 0) is 39.1 Å². The second kappa shape index (κ2) is 7.35. The Hall–Kier alpha value is -0.950. The summed E-state index contributed by atoms with van der Waals surface area (Å²) in [4.78, 5) is 2.38. The van der Waals surface area contributed by atoms with Gasteiger partial charge < -0.3 is 9.64 Å². The highest BCUT2D eigenvalue weighted by atomic mass is 32.2. The second-order valence-electron chi connectivity index (χ2n) is 5.58. The van der Waals surface area contributed by atoms with Gasteiger partial charge in [0.15, 0.2) is 0 Å². The van der Waals surface area contributed by atoms with Crippen LogP contribution in [0, 0.1) is 0 Å². The molecule has 0 radical (unpaired) electrons. The van der Waals surface area contributed by atoms with Crippen molar-refractivity contribution in [3.8, 4) is 0 Å². The molecule has 1 aliphatic rings. The molecule has 1 aliphatic heterocycles. The Kier molecular flexibility index (Phi) is 5.75. The van der Waals surface area contributed by atoms with Crippen molar-refractivity contribution in [1.82, 2.24) is 9.21 Å². The van der Waals surface area contributed by atoms with Crippen LogP contribution in [0.15, 0.2) is 35.2 Å². The molecule has 2 rings (SSSR count). The van der Waals surface area contributed by atoms with Crippen molar-refractivity contribution in [2.24, 2.45) is 0 Å². The number of likely N-dealkylation sites (N-methyl/N-ethyl adjacent to an activating group) is 1. The first kappa shape index (κ1) is 16.4. The van der Waals surface area contributed by atoms with Crippen LogP contribution in [-0.2, 0) is 14.8 Å². The van der Waals surface area contributed by atoms with E-state index in [9.17, 15) is 8.42 Å². The van der Waals surface area contributed by atoms with Crippen LogP contribution >= 0.6 is 0 Å². The molecule has 6 heteroatoms. The van der Waals surface area contributed by atoms with Crippen LogP contribution in [0.4, 0.5) is 0 Å². The Morgan fingerprint density at radius 3 is 2.29 bits per heavy atom. The molecule has 0 unspecified atom stereocenters. The van der Waals surface area contributed by atoms with E-state index in [-0.39, 0.29) is 6.04 Å². The summed E-state index contributed by atoms with van der Waals surface area (Å²) in [6.45, 7) is 2.49. The van der Waals surface area contributed by atoms with E-state index in [0.29, 0.717) is 31.2 Å². The third kappa shape index (κ3) is 4.26. The molecule has 1 fully saturated rings. The fraction of sp³-hybridized carbons (Fsp3) is 0.600. The molecule has 0 amide bonds. The van der Waals surface area contributed by atoms with Gasteiger partial charge in [0.25, 0.3) is 0 Å². The molecular weight excluding hydrogens is 288 g/mol. The van der Waals surface area contributed by atoms with Crippen molar-refractivity contribution in [3.63, 3.8) is 0 Å². The molecule has 118 valence electrons. The number of nitrogens with zero attached hydrogens (tertiary/aromatic N) is 2. The molecule has 1 aromatic rings. The van der Waals surface area contributed by atoms with E-state index in [1.807, 2.05) is 25.1 Å². The third-order valence-electron chi connectivity index (χ3n) is 3.72. The molecule has 21 heavy (non-hydrogen) atoms. The van der Waals surface area contributed by atoms with Crippen LogP contribution in [-0.4, -0.2) is 64.1 Å². The van der Waals surface area contributed by atoms with Gasteiger partial charge in [-0.25, -0.2) is 8.42 Å². The van der Waals surface area contributed by atoms with E-state index >= 15 is 0 Å². The smallest absolute Gasteiger partial charge is 0.243 e. The minimum atomic E-state index is -3.45. The molecule has 1 saturated heterocycles. The van der Waals surface area contributed by atoms with Crippen LogP contribution in [0.1, 0.15) is 12.8 Å². The zero-order valence-electron chi connectivity index (χ0n) is 12.7. The maximum atomic E-state index is 12.9. The summed E-state index contributed by atoms with van der Waals surface area (Å²) >= 11 is 0. The average Bonchev–Trinajstić information content (AvgIpc) is 2.49. The quantitative estimate of drug-likeness (QED) is 0.797. The Morgan fingerprint density at radius 2 is 1.71 bits per heavy atom. The SMILES string of the molecule is CN(C)CCN(C1CCOCC1)S(=O)(=O)c1ccccc1. The van der Waals surface area contributed by atoms with Gasteiger partial charge in [-0.1, -0.05) is 18.2 Å². The normalized spacial score (nSPS) is 17.5. The fourth-order valence-corrected chi connectivity index (χ4v) is 4.20. The fourth-order valence-electron chi connectivity index (χ4n) is 2.50. The Labute approximate surface area is 127 Å². The van der Waals surface area contributed by atoms with E-state index in [1.54, 1.807) is 28.6 Å². The molecule has 0 N–H and O–H groups in total. The van der Waals surface area contributed by atoms with Crippen molar-refractivity contribution >= 4 is 10.0 Å². The summed E-state index contributed by atoms with van der Waals surface area (Å²) in [5, 5.41) is 0. The highest BCUT2D eigenvalue weighted by molar-refractivity contribution is 7.89. The second-order valence-corrected chi connectivity index (χ2v) is 7.47. The summed E-state index contributed by atoms with van der Waals surface area (Å²) in [5.41, 5.74) is 0. The van der Waals surface area contributed by atoms with E-state index < -0.39 is 10.0 Å². The molecular formula is C15H24N2O3S. The lowest BCUT2D eigenvalue weighted by Gasteiger charge is -2.34. The predicted molar refractivity (Wildman–Crippen MR) is 82.7 cm³/mol. The molecule has 0 aliphatic carbocycles. The number of rotatable bonds is 6. The zero-order valence-corrected chi connectivity index (χ0v) is 13.6. The van der Waals surface area contributed by atoms with Gasteiger partial charge in [0.1, 0.15) is 0 Å². The van der Waals surface area contributed by atoms with Crippen molar-refractivity contribution < 1.29 is 13.2 Å². The lowest BCUT2D eigenvalue weighted by Crippen LogP contribution is -2.46. The summed E-state index contributed by atoms with van der Waals surface area (Å²) in [7, 11) is 0.466. The molecule has 0 bridgehead atoms. The van der Waals surface area contributed by atoms with E-state index in [1.165, 1.54) is 0 Å². The number of hydrogen-bond acceptors (Lipinski definition) is 4. The number of benzene rings is 1. The predicted octanol–water partition coefficient (Wildman–Crippen LogP) is 1.42. The lowest BCUT2D eigenvalue weighted by molar-refractivity contribution is 0.0573. The first-order valence-electron chi connectivity index (χ1n) is 7.31. The van der Waals surface area contributed by atoms with E-state index in [4.69, 9.17) is 4.74 Å². The number of hydrogen-bond donors (Lipinski definition) is 0. The molecule has 1 aromatic carbocycles. The first-order valence-corrected chi connectivity index (χ1v) is 8.75. The maximum Gasteiger partial charge on any atom is 0.243 e. The molecule has 0 aromatic heterocycles. The van der Waals surface area contributed by atoms with Crippen molar-refractivity contribution in [3.05, 3.63) is 30.3 Å². The van der Waals surface area contributed by atoms with Crippen LogP contribution < -0.4 is 0 Å². The Bertz CT molecular complexity index is 525. The minimum Gasteiger partial charge on any atom is -0.381 e. The molecule has 5 nitrogen and oxygen atoms in total. The summed E-state index contributed by atoms with van der Waals surface area (Å²) in [6, 6.07) is 8.72. The Morgan fingerprint density at radius 1 is 1.10 bits per heavy atom. The molecule has 0 spiro atoms. The molecule has 0 atom stereocenters. The van der Waals surface area contributed by atoms with Crippen LogP contribution in [0.25, 0.3) is 0 Å². The first-order chi connectivity index (χ1) is 10.0. The molecule has 0 saturated carbocycles. The van der Waals surface area contributed by atoms with Gasteiger partial charge in [0.05, 0.1) is 4.90 Å². The van der Waals surface area contributed by atoms with Gasteiger partial charge in [-0.3, -0.25) is 0 Å². The van der Waals surface area contributed by atoms with Crippen molar-refractivity contribution in [2.45, 2.75) is 23.8 Å². The van der Waals surface area contributed by atoms with Crippen LogP contribution in [0.3, 0.4) is 0 Å². The minimum absolute atomic E-state index is 0.0314. The van der Waals surface area contributed by atoms with Crippen molar-refractivity contribution in [1.29, 1.82) is 0 Å². The summed E-state index contributed by atoms with van der Waals surface area (Å²) in [5.74, 6) is 0. The summed E-state index contributed by atoms with van der Waals surface area (Å²) < 4.78 is 32.8. The largest absolute Gasteiger partial charge is 0.381 e. The third-order valence-corrected chi connectivity index (χ3v) is 5.68. The highest BCUT2D eigenvalue weighted by Crippen LogP contribution is 2.23. The van der Waals surface area contributed by atoms with E-state index in [2.05, 4.69) is 0 Å². The maximum absolute atomic E-state index is 12.9. The molecule has 1 heterocycles. The number of sulfonamides is 1. The van der Waals surface area contributed by atoms with Gasteiger partial charge in [0.2, 0.25) is 10.0 Å². The monoisotopic (exact) mass is 312 g/mol. The van der Waals surface area contributed by atoms with Gasteiger partial charge >= 0.3 is 0 Å². The lowest BCUT2D eigenvalue weighted by atomic mass is 10.1. The van der Waals surface area contributed by atoms with Gasteiger partial charge in [0, 0.05) is 32.3 Å². The van der Waals surface area contributed by atoms with Crippen LogP contribution in [0.5, 0.6) is 0 Å². The standard InChI is InChI=1S/C15H24N2O3S/c1-16(2)10-11-17(14-8-12-20-13-9-14)21(18,19)15-6-4-3-5-7-15/h3-7,14H,8-13H2,1-2H3.